The Kier molecular flexibility index (Phi) is 2.92. The lowest BCUT2D eigenvalue weighted by atomic mass is 10.1. The summed E-state index contributed by atoms with van der Waals surface area (Å²) in [5, 5.41) is 0. The molecule has 0 saturated heterocycles. The van der Waals surface area contributed by atoms with Crippen molar-refractivity contribution in [2.24, 2.45) is 0 Å². The molecule has 0 amide bonds. The molecular formula is C11H14O. The molecule has 0 spiro atoms. The van der Waals surface area contributed by atoms with Crippen LogP contribution in [0.25, 0.3) is 6.08 Å². The summed E-state index contributed by atoms with van der Waals surface area (Å²) in [4.78, 5) is 0. The largest absolute Gasteiger partial charge is 0.494 e. The molecule has 0 aliphatic rings. The van der Waals surface area contributed by atoms with E-state index in [1.54, 1.807) is 0 Å². The van der Waals surface area contributed by atoms with Crippen molar-refractivity contribution in [2.75, 3.05) is 6.61 Å². The van der Waals surface area contributed by atoms with E-state index in [0.717, 1.165) is 11.3 Å². The molecule has 1 nitrogen and oxygen atoms in total. The molecule has 1 rings (SSSR count). The number of benzene rings is 1. The van der Waals surface area contributed by atoms with E-state index in [9.17, 15) is 0 Å². The maximum absolute atomic E-state index is 5.38. The van der Waals surface area contributed by atoms with Gasteiger partial charge in [-0.25, -0.2) is 0 Å². The first kappa shape index (κ1) is 8.85. The average Bonchev–Trinajstić information content (AvgIpc) is 2.04. The molecule has 0 aliphatic carbocycles. The van der Waals surface area contributed by atoms with Gasteiger partial charge < -0.3 is 4.74 Å². The predicted molar refractivity (Wildman–Crippen MR) is 52.4 cm³/mol. The number of hydrogen-bond donors (Lipinski definition) is 0. The van der Waals surface area contributed by atoms with Crippen molar-refractivity contribution < 1.29 is 4.74 Å². The SMILES string of the molecule is C=Cc1cc(C)cc(OCC)c1. The molecule has 0 atom stereocenters. The lowest BCUT2D eigenvalue weighted by Gasteiger charge is -2.05. The summed E-state index contributed by atoms with van der Waals surface area (Å²) >= 11 is 0. The Bertz CT molecular complexity index is 276. The zero-order valence-electron chi connectivity index (χ0n) is 7.63. The molecule has 0 radical (unpaired) electrons. The van der Waals surface area contributed by atoms with E-state index in [2.05, 4.69) is 19.6 Å². The quantitative estimate of drug-likeness (QED) is 0.663. The van der Waals surface area contributed by atoms with E-state index in [0.29, 0.717) is 6.61 Å². The van der Waals surface area contributed by atoms with Crippen LogP contribution in [0, 0.1) is 6.92 Å². The summed E-state index contributed by atoms with van der Waals surface area (Å²) in [6.45, 7) is 8.46. The van der Waals surface area contributed by atoms with Crippen LogP contribution in [0.4, 0.5) is 0 Å². The molecule has 1 aromatic rings. The molecule has 0 bridgehead atoms. The van der Waals surface area contributed by atoms with Crippen LogP contribution in [0.15, 0.2) is 24.8 Å². The second kappa shape index (κ2) is 3.96. The molecule has 64 valence electrons. The van der Waals surface area contributed by atoms with Gasteiger partial charge in [0.2, 0.25) is 0 Å². The third-order valence-corrected chi connectivity index (χ3v) is 1.62. The molecule has 0 N–H and O–H groups in total. The molecule has 0 aromatic heterocycles. The van der Waals surface area contributed by atoms with Crippen LogP contribution in [-0.4, -0.2) is 6.61 Å². The number of hydrogen-bond acceptors (Lipinski definition) is 1. The highest BCUT2D eigenvalue weighted by molar-refractivity contribution is 5.51. The molecule has 0 aliphatic heterocycles. The second-order valence-electron chi connectivity index (χ2n) is 2.72. The van der Waals surface area contributed by atoms with Crippen LogP contribution in [0.5, 0.6) is 5.75 Å². The van der Waals surface area contributed by atoms with Gasteiger partial charge in [-0.05, 0) is 37.1 Å². The van der Waals surface area contributed by atoms with Gasteiger partial charge in [0.25, 0.3) is 0 Å². The normalized spacial score (nSPS) is 9.50. The molecule has 0 heterocycles. The maximum Gasteiger partial charge on any atom is 0.120 e. The fourth-order valence-electron chi connectivity index (χ4n) is 1.14. The van der Waals surface area contributed by atoms with E-state index < -0.39 is 0 Å². The number of aryl methyl sites for hydroxylation is 1. The van der Waals surface area contributed by atoms with Gasteiger partial charge in [-0.2, -0.15) is 0 Å². The molecule has 0 unspecified atom stereocenters. The van der Waals surface area contributed by atoms with Gasteiger partial charge in [0.05, 0.1) is 6.61 Å². The summed E-state index contributed by atoms with van der Waals surface area (Å²) in [6.07, 6.45) is 1.83. The van der Waals surface area contributed by atoms with Crippen molar-refractivity contribution in [3.05, 3.63) is 35.9 Å². The second-order valence-corrected chi connectivity index (χ2v) is 2.72. The fourth-order valence-corrected chi connectivity index (χ4v) is 1.14. The van der Waals surface area contributed by atoms with Gasteiger partial charge in [-0.1, -0.05) is 18.7 Å². The summed E-state index contributed by atoms with van der Waals surface area (Å²) in [5.41, 5.74) is 2.31. The first-order valence-corrected chi connectivity index (χ1v) is 4.13. The van der Waals surface area contributed by atoms with Crippen molar-refractivity contribution in [1.29, 1.82) is 0 Å². The zero-order chi connectivity index (χ0) is 8.97. The van der Waals surface area contributed by atoms with Gasteiger partial charge in [0, 0.05) is 0 Å². The van der Waals surface area contributed by atoms with Crippen molar-refractivity contribution in [3.8, 4) is 5.75 Å². The van der Waals surface area contributed by atoms with Gasteiger partial charge in [0.1, 0.15) is 5.75 Å². The van der Waals surface area contributed by atoms with Crippen LogP contribution in [0.1, 0.15) is 18.1 Å². The predicted octanol–water partition coefficient (Wildman–Crippen LogP) is 3.04. The molecular weight excluding hydrogens is 148 g/mol. The fraction of sp³-hybridized carbons (Fsp3) is 0.273. The van der Waals surface area contributed by atoms with Crippen LogP contribution in [0.2, 0.25) is 0 Å². The van der Waals surface area contributed by atoms with E-state index in [4.69, 9.17) is 4.74 Å². The standard InChI is InChI=1S/C11H14O/c1-4-10-6-9(3)7-11(8-10)12-5-2/h4,6-8H,1,5H2,2-3H3. The van der Waals surface area contributed by atoms with Crippen molar-refractivity contribution in [2.45, 2.75) is 13.8 Å². The van der Waals surface area contributed by atoms with Crippen molar-refractivity contribution >= 4 is 6.08 Å². The van der Waals surface area contributed by atoms with Gasteiger partial charge in [-0.3, -0.25) is 0 Å². The van der Waals surface area contributed by atoms with Crippen LogP contribution in [-0.2, 0) is 0 Å². The Labute approximate surface area is 73.7 Å². The highest BCUT2D eigenvalue weighted by Gasteiger charge is 1.95. The van der Waals surface area contributed by atoms with Crippen LogP contribution in [0.3, 0.4) is 0 Å². The topological polar surface area (TPSA) is 9.23 Å². The van der Waals surface area contributed by atoms with Crippen molar-refractivity contribution in [1.82, 2.24) is 0 Å². The highest BCUT2D eigenvalue weighted by Crippen LogP contribution is 2.17. The summed E-state index contributed by atoms with van der Waals surface area (Å²) < 4.78 is 5.38. The van der Waals surface area contributed by atoms with E-state index in [1.807, 2.05) is 25.1 Å². The van der Waals surface area contributed by atoms with Crippen molar-refractivity contribution in [3.63, 3.8) is 0 Å². The summed E-state index contributed by atoms with van der Waals surface area (Å²) in [6, 6.07) is 6.09. The minimum atomic E-state index is 0.708. The van der Waals surface area contributed by atoms with E-state index >= 15 is 0 Å². The first-order valence-electron chi connectivity index (χ1n) is 4.13. The Hall–Kier alpha value is -1.24. The van der Waals surface area contributed by atoms with E-state index in [-0.39, 0.29) is 0 Å². The van der Waals surface area contributed by atoms with Gasteiger partial charge in [-0.15, -0.1) is 0 Å². The summed E-state index contributed by atoms with van der Waals surface area (Å²) in [5.74, 6) is 0.924. The minimum Gasteiger partial charge on any atom is -0.494 e. The van der Waals surface area contributed by atoms with Crippen LogP contribution < -0.4 is 4.74 Å². The molecule has 0 saturated carbocycles. The van der Waals surface area contributed by atoms with Crippen LogP contribution >= 0.6 is 0 Å². The lowest BCUT2D eigenvalue weighted by molar-refractivity contribution is 0.340. The van der Waals surface area contributed by atoms with Gasteiger partial charge >= 0.3 is 0 Å². The third kappa shape index (κ3) is 2.12. The van der Waals surface area contributed by atoms with Gasteiger partial charge in [0.15, 0.2) is 0 Å². The molecule has 0 fully saturated rings. The number of rotatable bonds is 3. The maximum atomic E-state index is 5.38. The smallest absolute Gasteiger partial charge is 0.120 e. The zero-order valence-corrected chi connectivity index (χ0v) is 7.63. The van der Waals surface area contributed by atoms with E-state index in [1.165, 1.54) is 5.56 Å². The molecule has 12 heavy (non-hydrogen) atoms. The first-order chi connectivity index (χ1) is 5.76. The summed E-state index contributed by atoms with van der Waals surface area (Å²) in [7, 11) is 0. The lowest BCUT2D eigenvalue weighted by Crippen LogP contribution is -1.92. The minimum absolute atomic E-state index is 0.708. The Morgan fingerprint density at radius 2 is 2.17 bits per heavy atom. The average molecular weight is 162 g/mol. The Morgan fingerprint density at radius 1 is 1.42 bits per heavy atom. The highest BCUT2D eigenvalue weighted by atomic mass is 16.5. The monoisotopic (exact) mass is 162 g/mol. The number of ether oxygens (including phenoxy) is 1. The molecule has 1 aromatic carbocycles. The Balaban J connectivity index is 2.97. The Morgan fingerprint density at radius 3 is 2.75 bits per heavy atom. The third-order valence-electron chi connectivity index (χ3n) is 1.62. The molecule has 1 heteroatoms.